The van der Waals surface area contributed by atoms with E-state index in [9.17, 15) is 13.2 Å². The van der Waals surface area contributed by atoms with Crippen LogP contribution in [0, 0.1) is 0 Å². The van der Waals surface area contributed by atoms with Gasteiger partial charge in [-0.15, -0.1) is 0 Å². The van der Waals surface area contributed by atoms with Crippen molar-refractivity contribution in [1.82, 2.24) is 9.46 Å². The lowest BCUT2D eigenvalue weighted by Gasteiger charge is -2.14. The molecule has 0 aromatic carbocycles. The van der Waals surface area contributed by atoms with Crippen LogP contribution >= 0.6 is 0 Å². The predicted octanol–water partition coefficient (Wildman–Crippen LogP) is -0.0891. The van der Waals surface area contributed by atoms with Crippen LogP contribution in [0.3, 0.4) is 0 Å². The summed E-state index contributed by atoms with van der Waals surface area (Å²) in [4.78, 5) is 10.3. The van der Waals surface area contributed by atoms with Crippen LogP contribution in [0.15, 0.2) is 16.9 Å². The normalized spacial score (nSPS) is 11.9. The van der Waals surface area contributed by atoms with Gasteiger partial charge >= 0.3 is 5.97 Å². The molecule has 0 aliphatic heterocycles. The number of carboxylic acid groups (broad SMARTS) is 1. The summed E-state index contributed by atoms with van der Waals surface area (Å²) in [7, 11) is -2.20. The molecular weight excluding hydrogens is 236 g/mol. The molecule has 0 aliphatic carbocycles. The van der Waals surface area contributed by atoms with Crippen LogP contribution in [-0.2, 0) is 20.6 Å². The van der Waals surface area contributed by atoms with Gasteiger partial charge in [-0.1, -0.05) is 5.16 Å². The number of nitrogens with zero attached hydrogens (tertiary/aromatic N) is 2. The Labute approximate surface area is 92.7 Å². The quantitative estimate of drug-likeness (QED) is 0.755. The van der Waals surface area contributed by atoms with Crippen molar-refractivity contribution in [3.63, 3.8) is 0 Å². The minimum absolute atomic E-state index is 0.0600. The molecule has 0 amide bonds. The second kappa shape index (κ2) is 5.08. The Bertz CT molecular complexity index is 439. The minimum atomic E-state index is -3.53. The molecule has 0 bridgehead atoms. The van der Waals surface area contributed by atoms with E-state index in [4.69, 9.17) is 5.11 Å². The van der Waals surface area contributed by atoms with Crippen molar-refractivity contribution in [2.24, 2.45) is 0 Å². The van der Waals surface area contributed by atoms with Gasteiger partial charge in [0.05, 0.1) is 12.1 Å². The maximum Gasteiger partial charge on any atom is 0.304 e. The summed E-state index contributed by atoms with van der Waals surface area (Å²) in [5, 5.41) is 11.9. The number of aliphatic carboxylic acids is 1. The van der Waals surface area contributed by atoms with Crippen molar-refractivity contribution in [2.75, 3.05) is 13.6 Å². The molecule has 1 rings (SSSR count). The zero-order valence-electron chi connectivity index (χ0n) is 8.66. The number of sulfonamides is 1. The van der Waals surface area contributed by atoms with Crippen LogP contribution in [0.4, 0.5) is 0 Å². The van der Waals surface area contributed by atoms with Crippen LogP contribution < -0.4 is 0 Å². The molecule has 1 heterocycles. The first-order valence-electron chi connectivity index (χ1n) is 4.47. The highest BCUT2D eigenvalue weighted by atomic mass is 32.2. The van der Waals surface area contributed by atoms with Crippen molar-refractivity contribution < 1.29 is 22.8 Å². The standard InChI is InChI=1S/C8H12N2O5S/c1-10(4-2-8(11)12)16(13,14)6-7-3-5-15-9-7/h3,5H,2,4,6H2,1H3,(H,11,12). The SMILES string of the molecule is CN(CCC(=O)O)S(=O)(=O)Cc1ccon1. The molecule has 0 fully saturated rings. The first kappa shape index (κ1) is 12.7. The first-order valence-corrected chi connectivity index (χ1v) is 6.08. The average Bonchev–Trinajstić information content (AvgIpc) is 2.65. The molecule has 90 valence electrons. The van der Waals surface area contributed by atoms with E-state index in [1.807, 2.05) is 0 Å². The second-order valence-corrected chi connectivity index (χ2v) is 5.29. The Balaban J connectivity index is 2.59. The summed E-state index contributed by atoms with van der Waals surface area (Å²) in [6, 6.07) is 1.45. The number of rotatable bonds is 6. The van der Waals surface area contributed by atoms with Crippen molar-refractivity contribution in [3.8, 4) is 0 Å². The van der Waals surface area contributed by atoms with E-state index in [2.05, 4.69) is 9.68 Å². The highest BCUT2D eigenvalue weighted by molar-refractivity contribution is 7.88. The Morgan fingerprint density at radius 3 is 2.81 bits per heavy atom. The monoisotopic (exact) mass is 248 g/mol. The molecule has 0 aliphatic rings. The summed E-state index contributed by atoms with van der Waals surface area (Å²) >= 11 is 0. The van der Waals surface area contributed by atoms with Crippen LogP contribution in [-0.4, -0.2) is 42.5 Å². The second-order valence-electron chi connectivity index (χ2n) is 3.21. The number of aromatic nitrogens is 1. The van der Waals surface area contributed by atoms with Gasteiger partial charge in [0.2, 0.25) is 10.0 Å². The van der Waals surface area contributed by atoms with Gasteiger partial charge in [-0.2, -0.15) is 0 Å². The molecular formula is C8H12N2O5S. The number of hydrogen-bond acceptors (Lipinski definition) is 5. The van der Waals surface area contributed by atoms with Gasteiger partial charge in [-0.3, -0.25) is 4.79 Å². The van der Waals surface area contributed by atoms with Crippen LogP contribution in [0.25, 0.3) is 0 Å². The van der Waals surface area contributed by atoms with Gasteiger partial charge in [0.1, 0.15) is 12.0 Å². The van der Waals surface area contributed by atoms with Gasteiger partial charge in [0, 0.05) is 19.7 Å². The molecule has 7 nitrogen and oxygen atoms in total. The van der Waals surface area contributed by atoms with Gasteiger partial charge in [0.15, 0.2) is 0 Å². The maximum atomic E-state index is 11.7. The molecule has 8 heteroatoms. The third-order valence-electron chi connectivity index (χ3n) is 1.94. The van der Waals surface area contributed by atoms with Crippen molar-refractivity contribution in [1.29, 1.82) is 0 Å². The van der Waals surface area contributed by atoms with Gasteiger partial charge < -0.3 is 9.63 Å². The summed E-state index contributed by atoms with van der Waals surface area (Å²) in [5.74, 6) is -1.33. The van der Waals surface area contributed by atoms with Gasteiger partial charge in [0.25, 0.3) is 0 Å². The van der Waals surface area contributed by atoms with E-state index in [1.165, 1.54) is 19.4 Å². The summed E-state index contributed by atoms with van der Waals surface area (Å²) in [6.45, 7) is -0.0600. The number of hydrogen-bond donors (Lipinski definition) is 1. The van der Waals surface area contributed by atoms with E-state index in [0.717, 1.165) is 4.31 Å². The molecule has 16 heavy (non-hydrogen) atoms. The Morgan fingerprint density at radius 2 is 2.31 bits per heavy atom. The van der Waals surface area contributed by atoms with Crippen molar-refractivity contribution in [3.05, 3.63) is 18.0 Å². The Morgan fingerprint density at radius 1 is 1.62 bits per heavy atom. The highest BCUT2D eigenvalue weighted by Gasteiger charge is 2.20. The van der Waals surface area contributed by atoms with E-state index in [-0.39, 0.29) is 18.7 Å². The largest absolute Gasteiger partial charge is 0.481 e. The molecule has 0 saturated carbocycles. The molecule has 0 spiro atoms. The lowest BCUT2D eigenvalue weighted by atomic mass is 10.4. The first-order chi connectivity index (χ1) is 7.42. The van der Waals surface area contributed by atoms with Crippen LogP contribution in [0.5, 0.6) is 0 Å². The highest BCUT2D eigenvalue weighted by Crippen LogP contribution is 2.07. The van der Waals surface area contributed by atoms with E-state index < -0.39 is 16.0 Å². The summed E-state index contributed by atoms with van der Waals surface area (Å²) in [6.07, 6.45) is 1.05. The Kier molecular flexibility index (Phi) is 4.02. The molecule has 1 N–H and O–H groups in total. The minimum Gasteiger partial charge on any atom is -0.481 e. The lowest BCUT2D eigenvalue weighted by molar-refractivity contribution is -0.137. The zero-order valence-corrected chi connectivity index (χ0v) is 9.48. The molecule has 0 unspecified atom stereocenters. The fourth-order valence-corrected chi connectivity index (χ4v) is 2.11. The third-order valence-corrected chi connectivity index (χ3v) is 3.73. The number of carbonyl (C=O) groups is 1. The van der Waals surface area contributed by atoms with Gasteiger partial charge in [-0.25, -0.2) is 12.7 Å². The molecule has 1 aromatic heterocycles. The summed E-state index contributed by atoms with van der Waals surface area (Å²) in [5.41, 5.74) is 0.294. The molecule has 0 radical (unpaired) electrons. The smallest absolute Gasteiger partial charge is 0.304 e. The predicted molar refractivity (Wildman–Crippen MR) is 54.0 cm³/mol. The molecule has 0 atom stereocenters. The zero-order chi connectivity index (χ0) is 12.2. The Hall–Kier alpha value is -1.41. The topological polar surface area (TPSA) is 101 Å². The number of carboxylic acids is 1. The van der Waals surface area contributed by atoms with E-state index in [0.29, 0.717) is 5.69 Å². The maximum absolute atomic E-state index is 11.7. The van der Waals surface area contributed by atoms with Crippen molar-refractivity contribution >= 4 is 16.0 Å². The molecule has 0 saturated heterocycles. The fourth-order valence-electron chi connectivity index (χ4n) is 1.00. The van der Waals surface area contributed by atoms with Gasteiger partial charge in [-0.05, 0) is 0 Å². The fraction of sp³-hybridized carbons (Fsp3) is 0.500. The lowest BCUT2D eigenvalue weighted by Crippen LogP contribution is -2.30. The molecule has 1 aromatic rings. The van der Waals surface area contributed by atoms with E-state index >= 15 is 0 Å². The average molecular weight is 248 g/mol. The van der Waals surface area contributed by atoms with Crippen LogP contribution in [0.1, 0.15) is 12.1 Å². The van der Waals surface area contributed by atoms with E-state index in [1.54, 1.807) is 0 Å². The third kappa shape index (κ3) is 3.63. The summed E-state index contributed by atoms with van der Waals surface area (Å²) < 4.78 is 28.8. The van der Waals surface area contributed by atoms with Crippen LogP contribution in [0.2, 0.25) is 0 Å². The van der Waals surface area contributed by atoms with Crippen molar-refractivity contribution in [2.45, 2.75) is 12.2 Å².